The highest BCUT2D eigenvalue weighted by molar-refractivity contribution is 7.08. The second-order valence-electron chi connectivity index (χ2n) is 3.30. The standard InChI is InChI=1S/C9H15N3O2S/c1-3-7-8(15-12-11-7)9(14)10-5-4-6(2)13/h6,13H,3-5H2,1-2H3,(H,10,14). The number of carbonyl (C=O) groups is 1. The molecular formula is C9H15N3O2S. The van der Waals surface area contributed by atoms with Gasteiger partial charge in [0.05, 0.1) is 11.8 Å². The van der Waals surface area contributed by atoms with Gasteiger partial charge in [-0.2, -0.15) is 0 Å². The number of nitrogens with one attached hydrogen (secondary N) is 1. The van der Waals surface area contributed by atoms with Crippen molar-refractivity contribution >= 4 is 17.4 Å². The van der Waals surface area contributed by atoms with E-state index in [1.807, 2.05) is 6.92 Å². The van der Waals surface area contributed by atoms with E-state index in [1.165, 1.54) is 0 Å². The Balaban J connectivity index is 2.47. The Hall–Kier alpha value is -1.01. The topological polar surface area (TPSA) is 75.1 Å². The molecule has 1 unspecified atom stereocenters. The summed E-state index contributed by atoms with van der Waals surface area (Å²) in [6.45, 7) is 4.10. The third kappa shape index (κ3) is 3.56. The zero-order valence-electron chi connectivity index (χ0n) is 8.86. The summed E-state index contributed by atoms with van der Waals surface area (Å²) in [6.07, 6.45) is 0.866. The summed E-state index contributed by atoms with van der Waals surface area (Å²) in [4.78, 5) is 12.2. The molecule has 1 heterocycles. The van der Waals surface area contributed by atoms with Crippen LogP contribution in [-0.4, -0.2) is 33.2 Å². The first-order valence-electron chi connectivity index (χ1n) is 4.92. The van der Waals surface area contributed by atoms with Crippen LogP contribution >= 0.6 is 11.5 Å². The van der Waals surface area contributed by atoms with Crippen molar-refractivity contribution in [1.82, 2.24) is 14.9 Å². The van der Waals surface area contributed by atoms with E-state index in [4.69, 9.17) is 5.11 Å². The van der Waals surface area contributed by atoms with Gasteiger partial charge in [-0.3, -0.25) is 4.79 Å². The van der Waals surface area contributed by atoms with E-state index in [0.29, 0.717) is 24.3 Å². The lowest BCUT2D eigenvalue weighted by atomic mass is 10.2. The minimum Gasteiger partial charge on any atom is -0.393 e. The molecule has 1 aromatic heterocycles. The first-order chi connectivity index (χ1) is 7.15. The number of aliphatic hydroxyl groups is 1. The molecule has 2 N–H and O–H groups in total. The zero-order valence-corrected chi connectivity index (χ0v) is 9.67. The third-order valence-corrected chi connectivity index (χ3v) is 2.71. The van der Waals surface area contributed by atoms with E-state index in [9.17, 15) is 4.79 Å². The molecule has 0 saturated carbocycles. The maximum atomic E-state index is 11.6. The Morgan fingerprint density at radius 3 is 3.00 bits per heavy atom. The number of hydrogen-bond acceptors (Lipinski definition) is 5. The van der Waals surface area contributed by atoms with E-state index in [-0.39, 0.29) is 5.91 Å². The predicted molar refractivity (Wildman–Crippen MR) is 57.9 cm³/mol. The largest absolute Gasteiger partial charge is 0.393 e. The first-order valence-corrected chi connectivity index (χ1v) is 5.70. The van der Waals surface area contributed by atoms with E-state index in [1.54, 1.807) is 6.92 Å². The van der Waals surface area contributed by atoms with Gasteiger partial charge >= 0.3 is 0 Å². The van der Waals surface area contributed by atoms with Gasteiger partial charge in [0.1, 0.15) is 4.88 Å². The minimum atomic E-state index is -0.393. The molecule has 0 aliphatic carbocycles. The summed E-state index contributed by atoms with van der Waals surface area (Å²) in [5.41, 5.74) is 0.731. The molecule has 1 rings (SSSR count). The summed E-state index contributed by atoms with van der Waals surface area (Å²) < 4.78 is 3.74. The van der Waals surface area contributed by atoms with Gasteiger partial charge in [0.25, 0.3) is 5.91 Å². The molecule has 6 heteroatoms. The van der Waals surface area contributed by atoms with Crippen LogP contribution in [0.1, 0.15) is 35.6 Å². The molecule has 0 aliphatic heterocycles. The van der Waals surface area contributed by atoms with Crippen LogP contribution in [0, 0.1) is 0 Å². The lowest BCUT2D eigenvalue weighted by Crippen LogP contribution is -2.26. The molecule has 1 atom stereocenters. The highest BCUT2D eigenvalue weighted by Crippen LogP contribution is 2.10. The molecule has 0 fully saturated rings. The van der Waals surface area contributed by atoms with Crippen LogP contribution in [0.2, 0.25) is 0 Å². The summed E-state index contributed by atoms with van der Waals surface area (Å²) in [5.74, 6) is -0.150. The molecule has 0 radical (unpaired) electrons. The molecule has 0 saturated heterocycles. The van der Waals surface area contributed by atoms with E-state index in [0.717, 1.165) is 17.2 Å². The fraction of sp³-hybridized carbons (Fsp3) is 0.667. The summed E-state index contributed by atoms with van der Waals surface area (Å²) in [5, 5.41) is 15.6. The van der Waals surface area contributed by atoms with Gasteiger partial charge in [-0.15, -0.1) is 5.10 Å². The van der Waals surface area contributed by atoms with Crippen LogP contribution in [0.3, 0.4) is 0 Å². The van der Waals surface area contributed by atoms with E-state index >= 15 is 0 Å². The molecule has 15 heavy (non-hydrogen) atoms. The second kappa shape index (κ2) is 5.77. The lowest BCUT2D eigenvalue weighted by molar-refractivity contribution is 0.0948. The van der Waals surface area contributed by atoms with Gasteiger partial charge in [-0.05, 0) is 31.3 Å². The Kier molecular flexibility index (Phi) is 4.64. The number of aromatic nitrogens is 2. The van der Waals surface area contributed by atoms with Crippen LogP contribution in [0.4, 0.5) is 0 Å². The molecule has 0 aliphatic rings. The number of rotatable bonds is 5. The quantitative estimate of drug-likeness (QED) is 0.775. The minimum absolute atomic E-state index is 0.150. The van der Waals surface area contributed by atoms with Gasteiger partial charge < -0.3 is 10.4 Å². The van der Waals surface area contributed by atoms with Gasteiger partial charge in [-0.1, -0.05) is 11.4 Å². The number of aryl methyl sites for hydroxylation is 1. The summed E-state index contributed by atoms with van der Waals surface area (Å²) in [6, 6.07) is 0. The smallest absolute Gasteiger partial charge is 0.264 e. The number of amides is 1. The number of carbonyl (C=O) groups excluding carboxylic acids is 1. The van der Waals surface area contributed by atoms with E-state index < -0.39 is 6.10 Å². The SMILES string of the molecule is CCc1nnsc1C(=O)NCCC(C)O. The molecule has 1 amide bonds. The van der Waals surface area contributed by atoms with Gasteiger partial charge in [0.15, 0.2) is 0 Å². The summed E-state index contributed by atoms with van der Waals surface area (Å²) >= 11 is 1.11. The van der Waals surface area contributed by atoms with Crippen molar-refractivity contribution in [2.24, 2.45) is 0 Å². The van der Waals surface area contributed by atoms with Crippen LogP contribution < -0.4 is 5.32 Å². The Morgan fingerprint density at radius 1 is 1.67 bits per heavy atom. The van der Waals surface area contributed by atoms with Crippen molar-refractivity contribution in [2.45, 2.75) is 32.8 Å². The van der Waals surface area contributed by atoms with Crippen LogP contribution in [-0.2, 0) is 6.42 Å². The van der Waals surface area contributed by atoms with Crippen molar-refractivity contribution in [3.8, 4) is 0 Å². The molecule has 1 aromatic rings. The van der Waals surface area contributed by atoms with Crippen molar-refractivity contribution < 1.29 is 9.90 Å². The van der Waals surface area contributed by atoms with Crippen LogP contribution in [0.25, 0.3) is 0 Å². The Morgan fingerprint density at radius 2 is 2.40 bits per heavy atom. The maximum Gasteiger partial charge on any atom is 0.264 e. The molecular weight excluding hydrogens is 214 g/mol. The van der Waals surface area contributed by atoms with Crippen molar-refractivity contribution in [2.75, 3.05) is 6.54 Å². The lowest BCUT2D eigenvalue weighted by Gasteiger charge is -2.05. The van der Waals surface area contributed by atoms with Crippen LogP contribution in [0.15, 0.2) is 0 Å². The summed E-state index contributed by atoms with van der Waals surface area (Å²) in [7, 11) is 0. The van der Waals surface area contributed by atoms with Crippen molar-refractivity contribution in [1.29, 1.82) is 0 Å². The highest BCUT2D eigenvalue weighted by atomic mass is 32.1. The number of nitrogens with zero attached hydrogens (tertiary/aromatic N) is 2. The monoisotopic (exact) mass is 229 g/mol. The fourth-order valence-corrected chi connectivity index (χ4v) is 1.75. The number of aliphatic hydroxyl groups excluding tert-OH is 1. The van der Waals surface area contributed by atoms with Gasteiger partial charge in [-0.25, -0.2) is 0 Å². The molecule has 0 bridgehead atoms. The van der Waals surface area contributed by atoms with Gasteiger partial charge in [0.2, 0.25) is 0 Å². The molecule has 0 spiro atoms. The predicted octanol–water partition coefficient (Wildman–Crippen LogP) is 0.601. The molecule has 0 aromatic carbocycles. The van der Waals surface area contributed by atoms with Crippen molar-refractivity contribution in [3.05, 3.63) is 10.6 Å². The van der Waals surface area contributed by atoms with Crippen LogP contribution in [0.5, 0.6) is 0 Å². The Labute approximate surface area is 92.7 Å². The molecule has 84 valence electrons. The van der Waals surface area contributed by atoms with Gasteiger partial charge in [0, 0.05) is 6.54 Å². The van der Waals surface area contributed by atoms with E-state index in [2.05, 4.69) is 14.9 Å². The normalized spacial score (nSPS) is 12.5. The third-order valence-electron chi connectivity index (χ3n) is 1.94. The second-order valence-corrected chi connectivity index (χ2v) is 4.05. The maximum absolute atomic E-state index is 11.6. The molecule has 5 nitrogen and oxygen atoms in total. The highest BCUT2D eigenvalue weighted by Gasteiger charge is 2.14. The first kappa shape index (κ1) is 12.1. The average Bonchev–Trinajstić information content (AvgIpc) is 2.64. The Bertz CT molecular complexity index is 325. The number of hydrogen-bond donors (Lipinski definition) is 2. The fourth-order valence-electron chi connectivity index (χ4n) is 1.09. The zero-order chi connectivity index (χ0) is 11.3. The average molecular weight is 229 g/mol. The van der Waals surface area contributed by atoms with Crippen molar-refractivity contribution in [3.63, 3.8) is 0 Å².